The van der Waals surface area contributed by atoms with E-state index in [0.29, 0.717) is 22.7 Å². The second-order valence-electron chi connectivity index (χ2n) is 8.22. The maximum Gasteiger partial charge on any atom is 0.244 e. The number of aromatic nitrogens is 2. The number of benzene rings is 2. The van der Waals surface area contributed by atoms with Gasteiger partial charge in [0, 0.05) is 11.1 Å². The van der Waals surface area contributed by atoms with Gasteiger partial charge >= 0.3 is 0 Å². The SMILES string of the molecule is N#CC1=C(N)Oc2n[nH]c(-c3ccc(C4CCCCC4)cc3)c2C1c1ccccc1F. The highest BCUT2D eigenvalue weighted by Gasteiger charge is 2.36. The molecule has 0 bridgehead atoms. The van der Waals surface area contributed by atoms with Crippen molar-refractivity contribution in [1.29, 1.82) is 5.26 Å². The van der Waals surface area contributed by atoms with Crippen LogP contribution in [0.5, 0.6) is 5.88 Å². The lowest BCUT2D eigenvalue weighted by molar-refractivity contribution is 0.378. The summed E-state index contributed by atoms with van der Waals surface area (Å²) in [7, 11) is 0. The third kappa shape index (κ3) is 3.36. The molecule has 1 fully saturated rings. The van der Waals surface area contributed by atoms with Gasteiger partial charge in [0.2, 0.25) is 11.8 Å². The number of hydrogen-bond donors (Lipinski definition) is 2. The molecule has 5 nitrogen and oxygen atoms in total. The van der Waals surface area contributed by atoms with E-state index >= 15 is 0 Å². The minimum absolute atomic E-state index is 0.0473. The fourth-order valence-electron chi connectivity index (χ4n) is 4.84. The van der Waals surface area contributed by atoms with E-state index in [1.54, 1.807) is 18.2 Å². The summed E-state index contributed by atoms with van der Waals surface area (Å²) in [6.45, 7) is 0. The molecule has 1 aliphatic heterocycles. The summed E-state index contributed by atoms with van der Waals surface area (Å²) in [6, 6.07) is 17.0. The fourth-order valence-corrected chi connectivity index (χ4v) is 4.84. The Morgan fingerprint density at radius 2 is 1.81 bits per heavy atom. The van der Waals surface area contributed by atoms with Crippen molar-refractivity contribution in [2.75, 3.05) is 0 Å². The van der Waals surface area contributed by atoms with Gasteiger partial charge in [-0.2, -0.15) is 5.26 Å². The van der Waals surface area contributed by atoms with Crippen LogP contribution >= 0.6 is 0 Å². The smallest absolute Gasteiger partial charge is 0.244 e. The van der Waals surface area contributed by atoms with Crippen molar-refractivity contribution in [3.63, 3.8) is 0 Å². The van der Waals surface area contributed by atoms with Crippen molar-refractivity contribution < 1.29 is 9.13 Å². The molecule has 0 amide bonds. The molecule has 5 rings (SSSR count). The Labute approximate surface area is 180 Å². The number of halogens is 1. The van der Waals surface area contributed by atoms with E-state index in [-0.39, 0.29) is 17.3 Å². The van der Waals surface area contributed by atoms with Crippen molar-refractivity contribution >= 4 is 0 Å². The summed E-state index contributed by atoms with van der Waals surface area (Å²) < 4.78 is 20.4. The first-order valence-electron chi connectivity index (χ1n) is 10.7. The van der Waals surface area contributed by atoms with Gasteiger partial charge in [-0.25, -0.2) is 4.39 Å². The van der Waals surface area contributed by atoms with Crippen LogP contribution in [0.2, 0.25) is 0 Å². The fraction of sp³-hybridized carbons (Fsp3) is 0.280. The zero-order chi connectivity index (χ0) is 21.4. The number of hydrogen-bond acceptors (Lipinski definition) is 4. The zero-order valence-electron chi connectivity index (χ0n) is 17.1. The highest BCUT2D eigenvalue weighted by atomic mass is 19.1. The molecule has 2 aliphatic rings. The third-order valence-corrected chi connectivity index (χ3v) is 6.43. The first-order valence-corrected chi connectivity index (χ1v) is 10.7. The van der Waals surface area contributed by atoms with Crippen LogP contribution in [0, 0.1) is 17.1 Å². The van der Waals surface area contributed by atoms with E-state index in [0.717, 1.165) is 5.56 Å². The maximum atomic E-state index is 14.8. The van der Waals surface area contributed by atoms with Gasteiger partial charge in [-0.1, -0.05) is 61.7 Å². The number of ether oxygens (including phenoxy) is 1. The maximum absolute atomic E-state index is 14.8. The van der Waals surface area contributed by atoms with Gasteiger partial charge < -0.3 is 10.5 Å². The monoisotopic (exact) mass is 414 g/mol. The van der Waals surface area contributed by atoms with E-state index < -0.39 is 11.7 Å². The molecule has 1 unspecified atom stereocenters. The highest BCUT2D eigenvalue weighted by Crippen LogP contribution is 2.46. The predicted molar refractivity (Wildman–Crippen MR) is 116 cm³/mol. The van der Waals surface area contributed by atoms with E-state index in [1.807, 2.05) is 0 Å². The van der Waals surface area contributed by atoms with Crippen LogP contribution in [0.1, 0.15) is 60.6 Å². The Balaban J connectivity index is 1.59. The normalized spacial score (nSPS) is 18.9. The Morgan fingerprint density at radius 3 is 2.52 bits per heavy atom. The second kappa shape index (κ2) is 7.92. The van der Waals surface area contributed by atoms with Crippen LogP contribution in [0.15, 0.2) is 60.0 Å². The summed E-state index contributed by atoms with van der Waals surface area (Å²) in [5.41, 5.74) is 10.1. The number of H-pyrrole nitrogens is 1. The quantitative estimate of drug-likeness (QED) is 0.594. The Kier molecular flexibility index (Phi) is 4.95. The van der Waals surface area contributed by atoms with Crippen molar-refractivity contribution in [1.82, 2.24) is 10.2 Å². The van der Waals surface area contributed by atoms with Gasteiger partial charge in [-0.05, 0) is 30.4 Å². The van der Waals surface area contributed by atoms with Crippen LogP contribution in [-0.4, -0.2) is 10.2 Å². The van der Waals surface area contributed by atoms with Crippen molar-refractivity contribution in [3.05, 3.63) is 82.5 Å². The van der Waals surface area contributed by atoms with Crippen LogP contribution in [0.4, 0.5) is 4.39 Å². The zero-order valence-corrected chi connectivity index (χ0v) is 17.1. The molecule has 2 aromatic carbocycles. The lowest BCUT2D eigenvalue weighted by Gasteiger charge is -2.24. The summed E-state index contributed by atoms with van der Waals surface area (Å²) in [5.74, 6) is -0.256. The van der Waals surface area contributed by atoms with Crippen molar-refractivity contribution in [3.8, 4) is 23.2 Å². The topological polar surface area (TPSA) is 87.7 Å². The van der Waals surface area contributed by atoms with Gasteiger partial charge in [0.1, 0.15) is 17.5 Å². The van der Waals surface area contributed by atoms with Crippen molar-refractivity contribution in [2.24, 2.45) is 5.73 Å². The predicted octanol–water partition coefficient (Wildman–Crippen LogP) is 5.48. The highest BCUT2D eigenvalue weighted by molar-refractivity contribution is 5.71. The molecule has 3 aromatic rings. The van der Waals surface area contributed by atoms with Gasteiger partial charge in [-0.15, -0.1) is 5.10 Å². The molecule has 0 radical (unpaired) electrons. The number of fused-ring (bicyclic) bond motifs is 1. The van der Waals surface area contributed by atoms with Gasteiger partial charge in [-0.3, -0.25) is 5.10 Å². The van der Waals surface area contributed by atoms with Gasteiger partial charge in [0.25, 0.3) is 0 Å². The number of nitriles is 1. The Bertz CT molecular complexity index is 1180. The Hall–Kier alpha value is -3.59. The van der Waals surface area contributed by atoms with E-state index in [1.165, 1.54) is 43.7 Å². The van der Waals surface area contributed by atoms with Gasteiger partial charge in [0.05, 0.1) is 17.2 Å². The number of nitrogens with zero attached hydrogens (tertiary/aromatic N) is 2. The molecule has 0 saturated heterocycles. The minimum atomic E-state index is -0.693. The molecular formula is C25H23FN4O. The number of rotatable bonds is 3. The lowest BCUT2D eigenvalue weighted by Crippen LogP contribution is -2.21. The first-order chi connectivity index (χ1) is 15.2. The van der Waals surface area contributed by atoms with E-state index in [4.69, 9.17) is 10.5 Å². The van der Waals surface area contributed by atoms with Crippen molar-refractivity contribution in [2.45, 2.75) is 43.9 Å². The van der Waals surface area contributed by atoms with Crippen LogP contribution < -0.4 is 10.5 Å². The summed E-state index contributed by atoms with van der Waals surface area (Å²) in [4.78, 5) is 0. The lowest BCUT2D eigenvalue weighted by atomic mass is 9.82. The standard InChI is InChI=1S/C25H23FN4O/c26-20-9-5-4-8-18(20)21-19(14-27)24(28)31-25-22(21)23(29-30-25)17-12-10-16(11-13-17)15-6-2-1-3-7-15/h4-5,8-13,15,21H,1-3,6-7,28H2,(H,29,30). The number of nitrogens with two attached hydrogens (primary N) is 1. The van der Waals surface area contributed by atoms with Crippen LogP contribution in [0.3, 0.4) is 0 Å². The molecule has 1 aromatic heterocycles. The Morgan fingerprint density at radius 1 is 1.06 bits per heavy atom. The molecule has 2 heterocycles. The molecule has 0 spiro atoms. The summed E-state index contributed by atoms with van der Waals surface area (Å²) in [5, 5.41) is 17.1. The molecule has 6 heteroatoms. The van der Waals surface area contributed by atoms with Gasteiger partial charge in [0.15, 0.2) is 0 Å². The average Bonchev–Trinajstić information content (AvgIpc) is 3.23. The first kappa shape index (κ1) is 19.4. The molecule has 1 saturated carbocycles. The molecule has 1 atom stereocenters. The molecule has 1 aliphatic carbocycles. The minimum Gasteiger partial charge on any atom is -0.420 e. The van der Waals surface area contributed by atoms with Crippen LogP contribution in [0.25, 0.3) is 11.3 Å². The second-order valence-corrected chi connectivity index (χ2v) is 8.22. The van der Waals surface area contributed by atoms with E-state index in [9.17, 15) is 9.65 Å². The molecule has 31 heavy (non-hydrogen) atoms. The summed E-state index contributed by atoms with van der Waals surface area (Å²) >= 11 is 0. The molecular weight excluding hydrogens is 391 g/mol. The summed E-state index contributed by atoms with van der Waals surface area (Å²) in [6.07, 6.45) is 6.36. The van der Waals surface area contributed by atoms with Crippen LogP contribution in [-0.2, 0) is 0 Å². The molecule has 156 valence electrons. The number of allylic oxidation sites excluding steroid dienone is 1. The molecule has 3 N–H and O–H groups in total. The van der Waals surface area contributed by atoms with E-state index in [2.05, 4.69) is 40.5 Å². The number of aromatic amines is 1. The number of nitrogens with one attached hydrogen (secondary N) is 1. The third-order valence-electron chi connectivity index (χ3n) is 6.43. The average molecular weight is 414 g/mol. The largest absolute Gasteiger partial charge is 0.420 e.